The average Bonchev–Trinajstić information content (AvgIpc) is 3.26. The lowest BCUT2D eigenvalue weighted by Crippen LogP contribution is -2.47. The van der Waals surface area contributed by atoms with Crippen LogP contribution in [0.2, 0.25) is 0 Å². The predicted molar refractivity (Wildman–Crippen MR) is 93.5 cm³/mol. The van der Waals surface area contributed by atoms with E-state index in [0.29, 0.717) is 12.4 Å². The highest BCUT2D eigenvalue weighted by Crippen LogP contribution is 2.12. The van der Waals surface area contributed by atoms with Gasteiger partial charge in [-0.1, -0.05) is 18.1 Å². The molecule has 0 radical (unpaired) electrons. The van der Waals surface area contributed by atoms with E-state index in [0.717, 1.165) is 49.7 Å². The Balaban J connectivity index is 1.45. The molecule has 0 bridgehead atoms. The monoisotopic (exact) mass is 346 g/mol. The quantitative estimate of drug-likeness (QED) is 0.752. The number of carbonyl (C=O) groups excluding carboxylic acids is 1. The van der Waals surface area contributed by atoms with Crippen LogP contribution in [0.3, 0.4) is 0 Å². The predicted octanol–water partition coefficient (Wildman–Crippen LogP) is 2.44. The Morgan fingerprint density at radius 2 is 2.21 bits per heavy atom. The van der Waals surface area contributed by atoms with E-state index in [1.165, 1.54) is 0 Å². The number of aromatic nitrogens is 2. The van der Waals surface area contributed by atoms with Gasteiger partial charge >= 0.3 is 0 Å². The number of rotatable bonds is 6. The second kappa shape index (κ2) is 8.21. The molecule has 2 aromatic heterocycles. The van der Waals surface area contributed by atoms with E-state index in [2.05, 4.69) is 22.0 Å². The number of nitrogens with zero attached hydrogens (tertiary/aromatic N) is 4. The van der Waals surface area contributed by atoms with Crippen molar-refractivity contribution in [2.24, 2.45) is 0 Å². The molecule has 3 rings (SSSR count). The summed E-state index contributed by atoms with van der Waals surface area (Å²) in [7, 11) is 0. The highest BCUT2D eigenvalue weighted by Gasteiger charge is 2.21. The number of hydrogen-bond acceptors (Lipinski definition) is 6. The van der Waals surface area contributed by atoms with Gasteiger partial charge in [0.1, 0.15) is 0 Å². The summed E-state index contributed by atoms with van der Waals surface area (Å²) in [6.45, 7) is 5.85. The molecule has 0 aromatic carbocycles. The summed E-state index contributed by atoms with van der Waals surface area (Å²) < 4.78 is 5.28. The van der Waals surface area contributed by atoms with Gasteiger partial charge in [-0.2, -0.15) is 4.98 Å². The summed E-state index contributed by atoms with van der Waals surface area (Å²) in [6, 6.07) is 3.99. The Hall–Kier alpha value is -1.99. The molecular formula is C17H22N4O2S. The van der Waals surface area contributed by atoms with Gasteiger partial charge in [-0.25, -0.2) is 0 Å². The van der Waals surface area contributed by atoms with E-state index < -0.39 is 0 Å². The molecule has 24 heavy (non-hydrogen) atoms. The molecule has 0 atom stereocenters. The topological polar surface area (TPSA) is 62.5 Å². The summed E-state index contributed by atoms with van der Waals surface area (Å²) in [5.74, 6) is 1.52. The van der Waals surface area contributed by atoms with Gasteiger partial charge in [0.15, 0.2) is 5.82 Å². The van der Waals surface area contributed by atoms with Gasteiger partial charge in [0.25, 0.3) is 0 Å². The zero-order chi connectivity index (χ0) is 16.8. The third-order valence-corrected chi connectivity index (χ3v) is 4.80. The number of carbonyl (C=O) groups is 1. The zero-order valence-electron chi connectivity index (χ0n) is 13.9. The van der Waals surface area contributed by atoms with Crippen LogP contribution in [0.4, 0.5) is 0 Å². The Morgan fingerprint density at radius 3 is 2.92 bits per heavy atom. The van der Waals surface area contributed by atoms with Crippen molar-refractivity contribution in [1.82, 2.24) is 19.9 Å². The zero-order valence-corrected chi connectivity index (χ0v) is 14.7. The molecule has 0 saturated carbocycles. The highest BCUT2D eigenvalue weighted by molar-refractivity contribution is 7.10. The summed E-state index contributed by atoms with van der Waals surface area (Å²) in [4.78, 5) is 21.8. The standard InChI is InChI=1S/C17H22N4O2S/c1-2-4-15-18-16(23-19-15)13-20-8-10-21(11-9-20)17(22)7-6-14-5-3-12-24-14/h3,5-7,12H,2,4,8-11,13H2,1H3/b7-6+. The maximum Gasteiger partial charge on any atom is 0.246 e. The fraction of sp³-hybridized carbons (Fsp3) is 0.471. The molecule has 1 amide bonds. The largest absolute Gasteiger partial charge is 0.338 e. The van der Waals surface area contributed by atoms with Crippen molar-refractivity contribution in [3.05, 3.63) is 40.2 Å². The number of amides is 1. The molecule has 1 aliphatic rings. The molecule has 1 saturated heterocycles. The number of hydrogen-bond donors (Lipinski definition) is 0. The van der Waals surface area contributed by atoms with Crippen molar-refractivity contribution < 1.29 is 9.32 Å². The van der Waals surface area contributed by atoms with Crippen LogP contribution >= 0.6 is 11.3 Å². The Bertz CT molecular complexity index is 673. The Morgan fingerprint density at radius 1 is 1.38 bits per heavy atom. The Labute approximate surface area is 145 Å². The lowest BCUT2D eigenvalue weighted by Gasteiger charge is -2.33. The van der Waals surface area contributed by atoms with E-state index >= 15 is 0 Å². The minimum absolute atomic E-state index is 0.0751. The molecule has 1 fully saturated rings. The molecule has 6 nitrogen and oxygen atoms in total. The summed E-state index contributed by atoms with van der Waals surface area (Å²) >= 11 is 1.63. The molecule has 0 unspecified atom stereocenters. The van der Waals surface area contributed by atoms with Crippen LogP contribution in [-0.4, -0.2) is 52.0 Å². The van der Waals surface area contributed by atoms with E-state index in [1.807, 2.05) is 28.5 Å². The van der Waals surface area contributed by atoms with Gasteiger partial charge in [-0.3, -0.25) is 9.69 Å². The number of thiophene rings is 1. The lowest BCUT2D eigenvalue weighted by atomic mass is 10.3. The number of piperazine rings is 1. The summed E-state index contributed by atoms with van der Waals surface area (Å²) in [5.41, 5.74) is 0. The highest BCUT2D eigenvalue weighted by atomic mass is 32.1. The molecule has 2 aromatic rings. The second-order valence-corrected chi connectivity index (χ2v) is 6.78. The van der Waals surface area contributed by atoms with Crippen LogP contribution in [0.25, 0.3) is 6.08 Å². The lowest BCUT2D eigenvalue weighted by molar-refractivity contribution is -0.127. The van der Waals surface area contributed by atoms with Crippen molar-refractivity contribution in [1.29, 1.82) is 0 Å². The van der Waals surface area contributed by atoms with E-state index in [1.54, 1.807) is 17.4 Å². The average molecular weight is 346 g/mol. The van der Waals surface area contributed by atoms with Gasteiger partial charge in [-0.05, 0) is 23.9 Å². The smallest absolute Gasteiger partial charge is 0.246 e. The van der Waals surface area contributed by atoms with Gasteiger partial charge in [0, 0.05) is 43.6 Å². The van der Waals surface area contributed by atoms with Gasteiger partial charge in [0.05, 0.1) is 6.54 Å². The van der Waals surface area contributed by atoms with Crippen molar-refractivity contribution in [3.8, 4) is 0 Å². The van der Waals surface area contributed by atoms with E-state index in [4.69, 9.17) is 4.52 Å². The summed E-state index contributed by atoms with van der Waals surface area (Å²) in [5, 5.41) is 5.98. The molecule has 128 valence electrons. The number of aryl methyl sites for hydroxylation is 1. The van der Waals surface area contributed by atoms with Gasteiger partial charge in [-0.15, -0.1) is 11.3 Å². The SMILES string of the molecule is CCCc1noc(CN2CCN(C(=O)/C=C/c3cccs3)CC2)n1. The van der Waals surface area contributed by atoms with E-state index in [9.17, 15) is 4.79 Å². The third-order valence-electron chi connectivity index (χ3n) is 3.96. The van der Waals surface area contributed by atoms with Gasteiger partial charge < -0.3 is 9.42 Å². The third kappa shape index (κ3) is 4.52. The van der Waals surface area contributed by atoms with Crippen LogP contribution < -0.4 is 0 Å². The maximum atomic E-state index is 12.2. The molecule has 1 aliphatic heterocycles. The Kier molecular flexibility index (Phi) is 5.77. The first-order chi connectivity index (χ1) is 11.7. The van der Waals surface area contributed by atoms with Crippen LogP contribution in [0, 0.1) is 0 Å². The van der Waals surface area contributed by atoms with E-state index in [-0.39, 0.29) is 5.91 Å². The fourth-order valence-electron chi connectivity index (χ4n) is 2.64. The minimum atomic E-state index is 0.0751. The molecular weight excluding hydrogens is 324 g/mol. The van der Waals surface area contributed by atoms with Crippen molar-refractivity contribution in [2.75, 3.05) is 26.2 Å². The van der Waals surface area contributed by atoms with Crippen LogP contribution in [0.5, 0.6) is 0 Å². The normalized spacial score (nSPS) is 16.1. The first-order valence-corrected chi connectivity index (χ1v) is 9.17. The fourth-order valence-corrected chi connectivity index (χ4v) is 3.26. The van der Waals surface area contributed by atoms with Crippen molar-refractivity contribution in [2.45, 2.75) is 26.3 Å². The van der Waals surface area contributed by atoms with Crippen LogP contribution in [0.1, 0.15) is 29.9 Å². The first-order valence-electron chi connectivity index (χ1n) is 8.29. The minimum Gasteiger partial charge on any atom is -0.338 e. The molecule has 3 heterocycles. The van der Waals surface area contributed by atoms with Crippen molar-refractivity contribution in [3.63, 3.8) is 0 Å². The molecule has 0 aliphatic carbocycles. The maximum absolute atomic E-state index is 12.2. The molecule has 7 heteroatoms. The van der Waals surface area contributed by atoms with Crippen LogP contribution in [-0.2, 0) is 17.8 Å². The van der Waals surface area contributed by atoms with Gasteiger partial charge in [0.2, 0.25) is 11.8 Å². The summed E-state index contributed by atoms with van der Waals surface area (Å²) in [6.07, 6.45) is 5.41. The first kappa shape index (κ1) is 16.9. The molecule has 0 spiro atoms. The second-order valence-electron chi connectivity index (χ2n) is 5.80. The van der Waals surface area contributed by atoms with Crippen LogP contribution in [0.15, 0.2) is 28.1 Å². The molecule has 0 N–H and O–H groups in total. The van der Waals surface area contributed by atoms with Crippen molar-refractivity contribution >= 4 is 23.3 Å².